The number of aliphatic carboxylic acids is 1. The van der Waals surface area contributed by atoms with E-state index < -0.39 is 17.4 Å². The third kappa shape index (κ3) is 2.91. The molecule has 0 radical (unpaired) electrons. The Morgan fingerprint density at radius 1 is 1.32 bits per heavy atom. The van der Waals surface area contributed by atoms with Crippen LogP contribution in [0.15, 0.2) is 24.3 Å². The molecule has 0 bridgehead atoms. The number of amides is 1. The topological polar surface area (TPSA) is 110 Å². The van der Waals surface area contributed by atoms with Crippen molar-refractivity contribution in [3.8, 4) is 0 Å². The van der Waals surface area contributed by atoms with E-state index in [9.17, 15) is 9.59 Å². The first-order valence-corrected chi connectivity index (χ1v) is 6.04. The zero-order valence-corrected chi connectivity index (χ0v) is 10.5. The number of primary amides is 1. The molecule has 1 fully saturated rings. The lowest BCUT2D eigenvalue weighted by molar-refractivity contribution is -0.142. The van der Waals surface area contributed by atoms with E-state index in [-0.39, 0.29) is 0 Å². The predicted molar refractivity (Wildman–Crippen MR) is 69.4 cm³/mol. The van der Waals surface area contributed by atoms with Crippen molar-refractivity contribution in [3.63, 3.8) is 0 Å². The van der Waals surface area contributed by atoms with Gasteiger partial charge in [0.2, 0.25) is 5.91 Å². The van der Waals surface area contributed by atoms with Crippen LogP contribution in [-0.2, 0) is 11.3 Å². The van der Waals surface area contributed by atoms with Crippen LogP contribution in [-0.4, -0.2) is 40.5 Å². The highest BCUT2D eigenvalue weighted by Crippen LogP contribution is 2.21. The predicted octanol–water partition coefficient (Wildman–Crippen LogP) is -0.227. The first-order valence-electron chi connectivity index (χ1n) is 6.04. The van der Waals surface area contributed by atoms with Gasteiger partial charge in [-0.05, 0) is 24.1 Å². The van der Waals surface area contributed by atoms with E-state index >= 15 is 0 Å². The number of likely N-dealkylation sites (tertiary alicyclic amines) is 1. The maximum atomic E-state index is 11.0. The molecule has 1 aliphatic heterocycles. The van der Waals surface area contributed by atoms with Crippen molar-refractivity contribution >= 4 is 11.9 Å². The second-order valence-corrected chi connectivity index (χ2v) is 4.98. The van der Waals surface area contributed by atoms with Gasteiger partial charge in [0.05, 0.1) is 0 Å². The summed E-state index contributed by atoms with van der Waals surface area (Å²) in [7, 11) is 0. The van der Waals surface area contributed by atoms with E-state index in [0.717, 1.165) is 5.56 Å². The van der Waals surface area contributed by atoms with Crippen LogP contribution in [0.4, 0.5) is 0 Å². The van der Waals surface area contributed by atoms with Gasteiger partial charge in [0.25, 0.3) is 0 Å². The minimum absolute atomic E-state index is 0.333. The van der Waals surface area contributed by atoms with Crippen LogP contribution < -0.4 is 11.5 Å². The zero-order chi connectivity index (χ0) is 14.0. The Morgan fingerprint density at radius 3 is 2.42 bits per heavy atom. The van der Waals surface area contributed by atoms with Crippen LogP contribution in [0, 0.1) is 0 Å². The fraction of sp³-hybridized carbons (Fsp3) is 0.385. The highest BCUT2D eigenvalue weighted by molar-refractivity contribution is 5.92. The molecule has 1 aliphatic rings. The molecule has 0 aliphatic carbocycles. The molecule has 19 heavy (non-hydrogen) atoms. The Labute approximate surface area is 111 Å². The second kappa shape index (κ2) is 4.99. The van der Waals surface area contributed by atoms with Crippen molar-refractivity contribution in [1.29, 1.82) is 0 Å². The highest BCUT2D eigenvalue weighted by atomic mass is 16.4. The lowest BCUT2D eigenvalue weighted by Crippen LogP contribution is -2.50. The summed E-state index contributed by atoms with van der Waals surface area (Å²) in [5.41, 5.74) is 11.3. The van der Waals surface area contributed by atoms with Crippen molar-refractivity contribution in [2.75, 3.05) is 13.1 Å². The number of nitrogens with two attached hydrogens (primary N) is 2. The van der Waals surface area contributed by atoms with Crippen molar-refractivity contribution < 1.29 is 14.7 Å². The fourth-order valence-electron chi connectivity index (χ4n) is 2.26. The fourth-order valence-corrected chi connectivity index (χ4v) is 2.26. The van der Waals surface area contributed by atoms with Gasteiger partial charge >= 0.3 is 5.97 Å². The molecule has 2 rings (SSSR count). The number of carbonyl (C=O) groups is 2. The summed E-state index contributed by atoms with van der Waals surface area (Å²) in [6, 6.07) is 6.97. The summed E-state index contributed by atoms with van der Waals surface area (Å²) in [6.07, 6.45) is 0.446. The molecule has 1 atom stereocenters. The summed E-state index contributed by atoms with van der Waals surface area (Å²) in [5.74, 6) is -1.42. The number of nitrogens with zero attached hydrogens (tertiary/aromatic N) is 1. The molecule has 1 amide bonds. The van der Waals surface area contributed by atoms with Crippen molar-refractivity contribution in [2.24, 2.45) is 11.5 Å². The van der Waals surface area contributed by atoms with Gasteiger partial charge < -0.3 is 16.6 Å². The molecule has 6 heteroatoms. The molecule has 0 aromatic heterocycles. The van der Waals surface area contributed by atoms with Crippen LogP contribution in [0.5, 0.6) is 0 Å². The molecule has 1 heterocycles. The van der Waals surface area contributed by atoms with Crippen molar-refractivity contribution in [3.05, 3.63) is 35.4 Å². The van der Waals surface area contributed by atoms with Gasteiger partial charge in [0.1, 0.15) is 5.54 Å². The molecule has 5 N–H and O–H groups in total. The third-order valence-corrected chi connectivity index (χ3v) is 3.45. The minimum atomic E-state index is -1.15. The summed E-state index contributed by atoms with van der Waals surface area (Å²) < 4.78 is 0. The van der Waals surface area contributed by atoms with Crippen LogP contribution >= 0.6 is 0 Å². The Kier molecular flexibility index (Phi) is 3.55. The van der Waals surface area contributed by atoms with Gasteiger partial charge in [-0.2, -0.15) is 0 Å². The van der Waals surface area contributed by atoms with Crippen molar-refractivity contribution in [2.45, 2.75) is 18.5 Å². The normalized spacial score (nSPS) is 23.4. The van der Waals surface area contributed by atoms with Crippen LogP contribution in [0.1, 0.15) is 22.3 Å². The summed E-state index contributed by atoms with van der Waals surface area (Å²) in [6.45, 7) is 1.60. The van der Waals surface area contributed by atoms with E-state index in [1.54, 1.807) is 12.1 Å². The Bertz CT molecular complexity index is 500. The van der Waals surface area contributed by atoms with Gasteiger partial charge in [-0.3, -0.25) is 14.5 Å². The quantitative estimate of drug-likeness (QED) is 0.695. The lowest BCUT2D eigenvalue weighted by atomic mass is 10.0. The second-order valence-electron chi connectivity index (χ2n) is 4.98. The molecule has 1 unspecified atom stereocenters. The van der Waals surface area contributed by atoms with E-state index in [1.807, 2.05) is 17.0 Å². The number of hydrogen-bond acceptors (Lipinski definition) is 4. The smallest absolute Gasteiger partial charge is 0.325 e. The van der Waals surface area contributed by atoms with E-state index in [0.29, 0.717) is 31.6 Å². The van der Waals surface area contributed by atoms with E-state index in [4.69, 9.17) is 16.6 Å². The Morgan fingerprint density at radius 2 is 1.95 bits per heavy atom. The molecule has 0 saturated carbocycles. The van der Waals surface area contributed by atoms with Gasteiger partial charge in [0, 0.05) is 25.2 Å². The summed E-state index contributed by atoms with van der Waals surface area (Å²) in [5, 5.41) is 9.05. The molecule has 6 nitrogen and oxygen atoms in total. The average molecular weight is 263 g/mol. The van der Waals surface area contributed by atoms with Crippen LogP contribution in [0.25, 0.3) is 0 Å². The SMILES string of the molecule is NC(=O)c1ccc(CN2CCC(N)(C(=O)O)C2)cc1. The Hall–Kier alpha value is -1.92. The van der Waals surface area contributed by atoms with E-state index in [1.165, 1.54) is 0 Å². The molecule has 0 spiro atoms. The first-order chi connectivity index (χ1) is 8.90. The van der Waals surface area contributed by atoms with Gasteiger partial charge in [-0.15, -0.1) is 0 Å². The zero-order valence-electron chi connectivity index (χ0n) is 10.5. The molecule has 1 aromatic rings. The number of carboxylic acids is 1. The van der Waals surface area contributed by atoms with Crippen molar-refractivity contribution in [1.82, 2.24) is 4.90 Å². The Balaban J connectivity index is 1.99. The van der Waals surface area contributed by atoms with Crippen LogP contribution in [0.2, 0.25) is 0 Å². The molecule has 102 valence electrons. The number of carbonyl (C=O) groups excluding carboxylic acids is 1. The van der Waals surface area contributed by atoms with Gasteiger partial charge in [-0.25, -0.2) is 0 Å². The molecular formula is C13H17N3O3. The number of rotatable bonds is 4. The lowest BCUT2D eigenvalue weighted by Gasteiger charge is -2.20. The number of carboxylic acid groups (broad SMARTS) is 1. The standard InChI is InChI=1S/C13H17N3O3/c14-11(17)10-3-1-9(2-4-10)7-16-6-5-13(15,8-16)12(18)19/h1-4H,5-8,15H2,(H2,14,17)(H,18,19). The highest BCUT2D eigenvalue weighted by Gasteiger charge is 2.40. The van der Waals surface area contributed by atoms with E-state index in [2.05, 4.69) is 0 Å². The molecule has 1 aromatic carbocycles. The molecule has 1 saturated heterocycles. The number of hydrogen-bond donors (Lipinski definition) is 3. The monoisotopic (exact) mass is 263 g/mol. The third-order valence-electron chi connectivity index (χ3n) is 3.45. The first kappa shape index (κ1) is 13.5. The van der Waals surface area contributed by atoms with Crippen LogP contribution in [0.3, 0.4) is 0 Å². The summed E-state index contributed by atoms with van der Waals surface area (Å²) >= 11 is 0. The maximum absolute atomic E-state index is 11.0. The maximum Gasteiger partial charge on any atom is 0.325 e. The largest absolute Gasteiger partial charge is 0.480 e. The van der Waals surface area contributed by atoms with Gasteiger partial charge in [0.15, 0.2) is 0 Å². The minimum Gasteiger partial charge on any atom is -0.480 e. The molecular weight excluding hydrogens is 246 g/mol. The number of benzene rings is 1. The average Bonchev–Trinajstić information content (AvgIpc) is 2.73. The summed E-state index contributed by atoms with van der Waals surface area (Å²) in [4.78, 5) is 24.0. The van der Waals surface area contributed by atoms with Gasteiger partial charge in [-0.1, -0.05) is 12.1 Å².